The van der Waals surface area contributed by atoms with Crippen LogP contribution in [0.2, 0.25) is 0 Å². The van der Waals surface area contributed by atoms with Crippen LogP contribution in [0.1, 0.15) is 32.6 Å². The van der Waals surface area contributed by atoms with E-state index in [0.717, 1.165) is 38.5 Å². The van der Waals surface area contributed by atoms with Crippen molar-refractivity contribution in [3.8, 4) is 5.75 Å². The number of rotatable bonds is 7. The zero-order valence-electron chi connectivity index (χ0n) is 19.4. The van der Waals surface area contributed by atoms with Gasteiger partial charge in [-0.25, -0.2) is 4.68 Å². The Hall–Kier alpha value is -2.93. The molecule has 0 spiro atoms. The molecule has 0 radical (unpaired) electrons. The molecule has 7 heteroatoms. The fraction of sp³-hybridized carbons (Fsp3) is 0.500. The molecule has 2 aliphatic rings. The van der Waals surface area contributed by atoms with Crippen LogP contribution in [-0.2, 0) is 6.54 Å². The van der Waals surface area contributed by atoms with Gasteiger partial charge in [0.15, 0.2) is 0 Å². The number of para-hydroxylation sites is 2. The zero-order chi connectivity index (χ0) is 22.6. The summed E-state index contributed by atoms with van der Waals surface area (Å²) in [6.07, 6.45) is 5.27. The van der Waals surface area contributed by atoms with E-state index in [4.69, 9.17) is 4.74 Å². The minimum absolute atomic E-state index is 0.0591. The quantitative estimate of drug-likeness (QED) is 0.552. The number of anilines is 1. The normalized spacial score (nSPS) is 18.6. The number of piperazine rings is 1. The van der Waals surface area contributed by atoms with Crippen LogP contribution in [0.15, 0.2) is 53.3 Å². The largest absolute Gasteiger partial charge is 0.488 e. The van der Waals surface area contributed by atoms with Gasteiger partial charge in [0, 0.05) is 32.7 Å². The van der Waals surface area contributed by atoms with Crippen LogP contribution in [0.4, 0.5) is 5.69 Å². The first-order valence-corrected chi connectivity index (χ1v) is 12.2. The second kappa shape index (κ2) is 9.91. The Balaban J connectivity index is 1.17. The van der Waals surface area contributed by atoms with Gasteiger partial charge in [-0.2, -0.15) is 0 Å². The summed E-state index contributed by atoms with van der Waals surface area (Å²) in [6.45, 7) is 7.66. The lowest BCUT2D eigenvalue weighted by atomic mass is 10.1. The number of ether oxygens (including phenoxy) is 1. The van der Waals surface area contributed by atoms with Crippen molar-refractivity contribution in [2.24, 2.45) is 5.92 Å². The number of hydrogen-bond acceptors (Lipinski definition) is 6. The Morgan fingerprint density at radius 1 is 0.970 bits per heavy atom. The van der Waals surface area contributed by atoms with Gasteiger partial charge < -0.3 is 9.64 Å². The second-order valence-electron chi connectivity index (χ2n) is 9.48. The van der Waals surface area contributed by atoms with E-state index < -0.39 is 0 Å². The molecule has 1 aliphatic heterocycles. The first-order valence-electron chi connectivity index (χ1n) is 12.2. The van der Waals surface area contributed by atoms with Crippen LogP contribution in [0.3, 0.4) is 0 Å². The molecule has 33 heavy (non-hydrogen) atoms. The third-order valence-electron chi connectivity index (χ3n) is 6.86. The van der Waals surface area contributed by atoms with Crippen molar-refractivity contribution >= 4 is 16.6 Å². The molecule has 2 fully saturated rings. The maximum atomic E-state index is 12.7. The number of hydrogen-bond donors (Lipinski definition) is 0. The van der Waals surface area contributed by atoms with Crippen LogP contribution in [0, 0.1) is 5.92 Å². The molecular weight excluding hydrogens is 414 g/mol. The van der Waals surface area contributed by atoms with E-state index in [1.54, 1.807) is 0 Å². The van der Waals surface area contributed by atoms with E-state index in [2.05, 4.69) is 51.3 Å². The summed E-state index contributed by atoms with van der Waals surface area (Å²) in [5, 5.41) is 9.00. The molecule has 0 N–H and O–H groups in total. The van der Waals surface area contributed by atoms with Crippen molar-refractivity contribution in [3.63, 3.8) is 0 Å². The van der Waals surface area contributed by atoms with Crippen LogP contribution in [0.5, 0.6) is 5.75 Å². The molecular formula is C26H33N5O2. The highest BCUT2D eigenvalue weighted by atomic mass is 16.5. The lowest BCUT2D eigenvalue weighted by Crippen LogP contribution is -2.48. The van der Waals surface area contributed by atoms with Crippen molar-refractivity contribution in [3.05, 3.63) is 58.9 Å². The highest BCUT2D eigenvalue weighted by Crippen LogP contribution is 2.32. The Labute approximate surface area is 195 Å². The standard InChI is InChI=1S/C26H33N5O2/c1-20(19-31-26(32)22-10-4-5-11-23(22)27-28-31)18-29-14-16-30(17-15-29)24-12-6-7-13-25(24)33-21-8-2-3-9-21/h4-7,10-13,20-21H,2-3,8-9,14-19H2,1H3. The Kier molecular flexibility index (Phi) is 6.58. The fourth-order valence-electron chi connectivity index (χ4n) is 5.11. The van der Waals surface area contributed by atoms with Gasteiger partial charge >= 0.3 is 0 Å². The summed E-state index contributed by atoms with van der Waals surface area (Å²) >= 11 is 0. The summed E-state index contributed by atoms with van der Waals surface area (Å²) in [6, 6.07) is 15.9. The Morgan fingerprint density at radius 3 is 2.52 bits per heavy atom. The average Bonchev–Trinajstić information content (AvgIpc) is 3.35. The van der Waals surface area contributed by atoms with Gasteiger partial charge in [-0.15, -0.1) is 5.10 Å². The van der Waals surface area contributed by atoms with E-state index in [1.807, 2.05) is 24.3 Å². The van der Waals surface area contributed by atoms with Crippen molar-refractivity contribution < 1.29 is 4.74 Å². The van der Waals surface area contributed by atoms with Gasteiger partial charge in [0.2, 0.25) is 0 Å². The first-order chi connectivity index (χ1) is 16.2. The van der Waals surface area contributed by atoms with E-state index in [9.17, 15) is 4.79 Å². The van der Waals surface area contributed by atoms with Gasteiger partial charge in [-0.3, -0.25) is 9.69 Å². The maximum Gasteiger partial charge on any atom is 0.277 e. The van der Waals surface area contributed by atoms with Crippen LogP contribution >= 0.6 is 0 Å². The van der Waals surface area contributed by atoms with Crippen molar-refractivity contribution in [1.29, 1.82) is 0 Å². The first kappa shape index (κ1) is 21.9. The van der Waals surface area contributed by atoms with Gasteiger partial charge in [0.05, 0.1) is 23.7 Å². The molecule has 1 aromatic heterocycles. The van der Waals surface area contributed by atoms with E-state index in [-0.39, 0.29) is 5.56 Å². The van der Waals surface area contributed by atoms with E-state index in [1.165, 1.54) is 36.1 Å². The molecule has 7 nitrogen and oxygen atoms in total. The summed E-state index contributed by atoms with van der Waals surface area (Å²) in [5.41, 5.74) is 1.81. The second-order valence-corrected chi connectivity index (χ2v) is 9.48. The van der Waals surface area contributed by atoms with Crippen LogP contribution in [0.25, 0.3) is 10.9 Å². The molecule has 1 atom stereocenters. The Bertz CT molecular complexity index is 1130. The molecule has 1 saturated heterocycles. The summed E-state index contributed by atoms with van der Waals surface area (Å²) < 4.78 is 7.87. The minimum Gasteiger partial charge on any atom is -0.488 e. The highest BCUT2D eigenvalue weighted by molar-refractivity contribution is 5.76. The molecule has 5 rings (SSSR count). The third kappa shape index (κ3) is 5.03. The smallest absolute Gasteiger partial charge is 0.277 e. The number of fused-ring (bicyclic) bond motifs is 1. The summed E-state index contributed by atoms with van der Waals surface area (Å²) in [4.78, 5) is 17.7. The lowest BCUT2D eigenvalue weighted by Gasteiger charge is -2.38. The van der Waals surface area contributed by atoms with Crippen LogP contribution < -0.4 is 15.2 Å². The molecule has 0 amide bonds. The molecule has 174 valence electrons. The predicted molar refractivity (Wildman–Crippen MR) is 131 cm³/mol. The zero-order valence-corrected chi connectivity index (χ0v) is 19.4. The molecule has 1 saturated carbocycles. The number of benzene rings is 2. The minimum atomic E-state index is -0.0591. The SMILES string of the molecule is CC(CN1CCN(c2ccccc2OC2CCCC2)CC1)Cn1nnc2ccccc2c1=O. The number of nitrogens with zero attached hydrogens (tertiary/aromatic N) is 5. The third-order valence-corrected chi connectivity index (χ3v) is 6.86. The highest BCUT2D eigenvalue weighted by Gasteiger charge is 2.23. The molecule has 1 unspecified atom stereocenters. The van der Waals surface area contributed by atoms with Crippen LogP contribution in [-0.4, -0.2) is 58.7 Å². The molecule has 3 aromatic rings. The topological polar surface area (TPSA) is 63.5 Å². The van der Waals surface area contributed by atoms with E-state index >= 15 is 0 Å². The fourth-order valence-corrected chi connectivity index (χ4v) is 5.11. The van der Waals surface area contributed by atoms with Gasteiger partial charge in [0.25, 0.3) is 5.56 Å². The van der Waals surface area contributed by atoms with Gasteiger partial charge in [0.1, 0.15) is 11.3 Å². The van der Waals surface area contributed by atoms with Gasteiger partial charge in [-0.1, -0.05) is 36.4 Å². The lowest BCUT2D eigenvalue weighted by molar-refractivity contribution is 0.202. The van der Waals surface area contributed by atoms with Crippen molar-refractivity contribution in [2.45, 2.75) is 45.3 Å². The molecule has 1 aliphatic carbocycles. The molecule has 0 bridgehead atoms. The molecule has 2 heterocycles. The Morgan fingerprint density at radius 2 is 1.70 bits per heavy atom. The van der Waals surface area contributed by atoms with Crippen molar-refractivity contribution in [2.75, 3.05) is 37.6 Å². The monoisotopic (exact) mass is 447 g/mol. The number of aromatic nitrogens is 3. The molecule has 2 aromatic carbocycles. The van der Waals surface area contributed by atoms with Gasteiger partial charge in [-0.05, 0) is 55.9 Å². The summed E-state index contributed by atoms with van der Waals surface area (Å²) in [7, 11) is 0. The predicted octanol–water partition coefficient (Wildman–Crippen LogP) is 3.57. The summed E-state index contributed by atoms with van der Waals surface area (Å²) in [5.74, 6) is 1.34. The maximum absolute atomic E-state index is 12.7. The van der Waals surface area contributed by atoms with Crippen molar-refractivity contribution in [1.82, 2.24) is 19.9 Å². The van der Waals surface area contributed by atoms with E-state index in [0.29, 0.717) is 29.5 Å². The average molecular weight is 448 g/mol.